The molecule has 0 saturated heterocycles. The number of hydrogen-bond donors (Lipinski definition) is 0. The number of pyridine rings is 3. The maximum Gasteiger partial charge on any atom is 0.164 e. The first-order valence-electron chi connectivity index (χ1n) is 18.9. The van der Waals surface area contributed by atoms with Gasteiger partial charge in [-0.05, 0) is 70.6 Å². The van der Waals surface area contributed by atoms with Gasteiger partial charge in [-0.25, -0.2) is 19.9 Å². The molecule has 0 spiro atoms. The summed E-state index contributed by atoms with van der Waals surface area (Å²) in [6.07, 6.45) is 3.50. The van der Waals surface area contributed by atoms with Crippen molar-refractivity contribution < 1.29 is 0 Å². The summed E-state index contributed by atoms with van der Waals surface area (Å²) >= 11 is 0. The van der Waals surface area contributed by atoms with Crippen LogP contribution in [0.5, 0.6) is 0 Å². The highest BCUT2D eigenvalue weighted by atomic mass is 15.0. The molecule has 0 bridgehead atoms. The Morgan fingerprint density at radius 1 is 0.333 bits per heavy atom. The van der Waals surface area contributed by atoms with Gasteiger partial charge >= 0.3 is 0 Å². The van der Waals surface area contributed by atoms with Gasteiger partial charge in [-0.15, -0.1) is 0 Å². The second-order valence-electron chi connectivity index (χ2n) is 14.1. The summed E-state index contributed by atoms with van der Waals surface area (Å²) < 4.78 is 0. The summed E-state index contributed by atoms with van der Waals surface area (Å²) in [7, 11) is 0. The van der Waals surface area contributed by atoms with Crippen LogP contribution in [0.2, 0.25) is 0 Å². The fraction of sp³-hybridized carbons (Fsp3) is 0.0196. The Hall–Kier alpha value is -7.70. The molecule has 4 heterocycles. The Bertz CT molecular complexity index is 2980. The van der Waals surface area contributed by atoms with Crippen LogP contribution in [0.3, 0.4) is 0 Å². The predicted molar refractivity (Wildman–Crippen MR) is 231 cm³/mol. The van der Waals surface area contributed by atoms with Crippen LogP contribution in [0.4, 0.5) is 0 Å². The van der Waals surface area contributed by atoms with Crippen molar-refractivity contribution in [2.24, 2.45) is 0 Å². The van der Waals surface area contributed by atoms with Crippen molar-refractivity contribution in [1.82, 2.24) is 29.9 Å². The maximum absolute atomic E-state index is 5.23. The molecule has 0 aliphatic heterocycles. The topological polar surface area (TPSA) is 77.3 Å². The van der Waals surface area contributed by atoms with Gasteiger partial charge in [0.1, 0.15) is 0 Å². The van der Waals surface area contributed by atoms with Gasteiger partial charge in [0.2, 0.25) is 0 Å². The fourth-order valence-electron chi connectivity index (χ4n) is 7.39. The third-order valence-corrected chi connectivity index (χ3v) is 10.3. The molecule has 6 aromatic carbocycles. The van der Waals surface area contributed by atoms with E-state index in [2.05, 4.69) is 139 Å². The van der Waals surface area contributed by atoms with Crippen LogP contribution in [-0.2, 0) is 0 Å². The van der Waals surface area contributed by atoms with E-state index in [9.17, 15) is 0 Å². The quantitative estimate of drug-likeness (QED) is 0.152. The molecule has 0 N–H and O–H groups in total. The van der Waals surface area contributed by atoms with Crippen LogP contribution in [0.15, 0.2) is 188 Å². The Morgan fingerprint density at radius 2 is 0.842 bits per heavy atom. The summed E-state index contributed by atoms with van der Waals surface area (Å²) in [5.74, 6) is 1.86. The Balaban J connectivity index is 0.936. The number of hydrogen-bond acceptors (Lipinski definition) is 6. The van der Waals surface area contributed by atoms with Gasteiger partial charge in [-0.1, -0.05) is 146 Å². The van der Waals surface area contributed by atoms with E-state index in [1.54, 1.807) is 12.4 Å². The lowest BCUT2D eigenvalue weighted by Gasteiger charge is -2.12. The van der Waals surface area contributed by atoms with Crippen molar-refractivity contribution in [3.8, 4) is 78.8 Å². The van der Waals surface area contributed by atoms with E-state index in [1.165, 1.54) is 11.1 Å². The molecule has 6 nitrogen and oxygen atoms in total. The number of rotatable bonds is 7. The van der Waals surface area contributed by atoms with Gasteiger partial charge in [0, 0.05) is 51.1 Å². The van der Waals surface area contributed by atoms with Crippen molar-refractivity contribution in [1.29, 1.82) is 0 Å². The van der Waals surface area contributed by atoms with Gasteiger partial charge in [-0.2, -0.15) is 0 Å². The van der Waals surface area contributed by atoms with Gasteiger partial charge < -0.3 is 0 Å². The van der Waals surface area contributed by atoms with Crippen LogP contribution in [-0.4, -0.2) is 29.9 Å². The minimum Gasteiger partial charge on any atom is -0.265 e. The average molecular weight is 731 g/mol. The molecular formula is C51H34N6. The Kier molecular flexibility index (Phi) is 8.61. The lowest BCUT2D eigenvalue weighted by Crippen LogP contribution is -2.00. The summed E-state index contributed by atoms with van der Waals surface area (Å²) in [6, 6.07) is 60.8. The molecular weight excluding hydrogens is 697 g/mol. The van der Waals surface area contributed by atoms with Gasteiger partial charge in [0.05, 0.1) is 16.7 Å². The molecule has 10 rings (SSSR count). The molecule has 0 aliphatic rings. The molecule has 10 aromatic rings. The molecule has 268 valence electrons. The first-order valence-corrected chi connectivity index (χ1v) is 18.9. The normalized spacial score (nSPS) is 11.2. The van der Waals surface area contributed by atoms with E-state index in [4.69, 9.17) is 24.9 Å². The van der Waals surface area contributed by atoms with Crippen LogP contribution in [0.25, 0.3) is 101 Å². The monoisotopic (exact) mass is 730 g/mol. The van der Waals surface area contributed by atoms with Gasteiger partial charge in [0.25, 0.3) is 0 Å². The molecule has 0 atom stereocenters. The Morgan fingerprint density at radius 3 is 1.49 bits per heavy atom. The predicted octanol–water partition coefficient (Wildman–Crippen LogP) is 12.3. The molecule has 0 fully saturated rings. The molecule has 4 aromatic heterocycles. The minimum absolute atomic E-state index is 0.611. The SMILES string of the molecule is Cc1cc(-c2ccccc2)c2ccc3ccc(-c4cccc(-c5ccc(-c6ccc(-c7nc(-c8ccccc8)nc(-c8ccncc8)n7)cc6)cc5)c4)nc3c2n1. The molecule has 0 saturated carbocycles. The van der Waals surface area contributed by atoms with Gasteiger partial charge in [0.15, 0.2) is 17.5 Å². The molecule has 6 heteroatoms. The number of aromatic nitrogens is 6. The van der Waals surface area contributed by atoms with E-state index in [0.717, 1.165) is 77.7 Å². The molecule has 0 amide bonds. The van der Waals surface area contributed by atoms with E-state index in [-0.39, 0.29) is 0 Å². The van der Waals surface area contributed by atoms with E-state index >= 15 is 0 Å². The van der Waals surface area contributed by atoms with E-state index < -0.39 is 0 Å². The second-order valence-corrected chi connectivity index (χ2v) is 14.1. The standard InChI is InChI=1S/C51H34N6/c1-33-31-45(37-9-4-2-5-10-37)44-25-23-38-24-26-46(54-47(38)48(44)53-33)43-14-8-13-42(32-43)36-17-15-34(16-18-36)35-19-21-40(22-20-35)50-55-49(39-11-6-3-7-12-39)56-51(57-50)41-27-29-52-30-28-41/h2-32H,1H3. The smallest absolute Gasteiger partial charge is 0.164 e. The van der Waals surface area contributed by atoms with Crippen molar-refractivity contribution in [3.05, 3.63) is 194 Å². The van der Waals surface area contributed by atoms with Crippen LogP contribution >= 0.6 is 0 Å². The molecule has 0 aliphatic carbocycles. The summed E-state index contributed by atoms with van der Waals surface area (Å²) in [4.78, 5) is 28.9. The van der Waals surface area contributed by atoms with Crippen molar-refractivity contribution in [2.45, 2.75) is 6.92 Å². The zero-order chi connectivity index (χ0) is 38.1. The summed E-state index contributed by atoms with van der Waals surface area (Å²) in [5.41, 5.74) is 14.4. The molecule has 0 unspecified atom stereocenters. The minimum atomic E-state index is 0.611. The van der Waals surface area contributed by atoms with Crippen LogP contribution in [0.1, 0.15) is 5.69 Å². The van der Waals surface area contributed by atoms with E-state index in [1.807, 2.05) is 48.5 Å². The average Bonchev–Trinajstić information content (AvgIpc) is 3.29. The molecule has 0 radical (unpaired) electrons. The number of fused-ring (bicyclic) bond motifs is 3. The first kappa shape index (κ1) is 33.8. The number of aryl methyl sites for hydroxylation is 1. The largest absolute Gasteiger partial charge is 0.265 e. The lowest BCUT2D eigenvalue weighted by atomic mass is 9.97. The Labute approximate surface area is 330 Å². The highest BCUT2D eigenvalue weighted by Crippen LogP contribution is 2.35. The maximum atomic E-state index is 5.23. The third kappa shape index (κ3) is 6.70. The van der Waals surface area contributed by atoms with Gasteiger partial charge in [-0.3, -0.25) is 9.97 Å². The highest BCUT2D eigenvalue weighted by molar-refractivity contribution is 6.08. The zero-order valence-corrected chi connectivity index (χ0v) is 31.1. The highest BCUT2D eigenvalue weighted by Gasteiger charge is 2.14. The van der Waals surface area contributed by atoms with Crippen molar-refractivity contribution >= 4 is 21.8 Å². The van der Waals surface area contributed by atoms with Crippen molar-refractivity contribution in [2.75, 3.05) is 0 Å². The summed E-state index contributed by atoms with van der Waals surface area (Å²) in [5, 5.41) is 2.17. The lowest BCUT2D eigenvalue weighted by molar-refractivity contribution is 1.07. The third-order valence-electron chi connectivity index (χ3n) is 10.3. The van der Waals surface area contributed by atoms with Crippen LogP contribution in [0, 0.1) is 6.92 Å². The zero-order valence-electron chi connectivity index (χ0n) is 31.1. The van der Waals surface area contributed by atoms with Crippen LogP contribution < -0.4 is 0 Å². The first-order chi connectivity index (χ1) is 28.1. The van der Waals surface area contributed by atoms with E-state index in [0.29, 0.717) is 17.5 Å². The summed E-state index contributed by atoms with van der Waals surface area (Å²) in [6.45, 7) is 2.05. The van der Waals surface area contributed by atoms with Crippen molar-refractivity contribution in [3.63, 3.8) is 0 Å². The number of benzene rings is 6. The second kappa shape index (κ2) is 14.5. The number of nitrogens with zero attached hydrogens (tertiary/aromatic N) is 6. The fourth-order valence-corrected chi connectivity index (χ4v) is 7.39. The molecule has 57 heavy (non-hydrogen) atoms.